The maximum absolute atomic E-state index is 13.4. The fourth-order valence-electron chi connectivity index (χ4n) is 3.04. The minimum Gasteiger partial charge on any atom is -0.314 e. The summed E-state index contributed by atoms with van der Waals surface area (Å²) in [4.78, 5) is 0. The Balaban J connectivity index is 2.13. The monoisotopic (exact) mass is 283 g/mol. The second-order valence-corrected chi connectivity index (χ2v) is 6.56. The van der Waals surface area contributed by atoms with Crippen LogP contribution in [-0.4, -0.2) is 12.6 Å². The Morgan fingerprint density at radius 2 is 2.00 bits per heavy atom. The largest absolute Gasteiger partial charge is 0.314 e. The van der Waals surface area contributed by atoms with E-state index < -0.39 is 0 Å². The lowest BCUT2D eigenvalue weighted by molar-refractivity contribution is 0.269. The summed E-state index contributed by atoms with van der Waals surface area (Å²) in [5.41, 5.74) is 1.20. The van der Waals surface area contributed by atoms with Gasteiger partial charge in [-0.3, -0.25) is 0 Å². The zero-order chi connectivity index (χ0) is 13.9. The average molecular weight is 284 g/mol. The highest BCUT2D eigenvalue weighted by atomic mass is 35.5. The van der Waals surface area contributed by atoms with Crippen LogP contribution >= 0.6 is 11.6 Å². The second-order valence-electron chi connectivity index (χ2n) is 6.16. The molecule has 0 unspecified atom stereocenters. The highest BCUT2D eigenvalue weighted by Gasteiger charge is 2.34. The van der Waals surface area contributed by atoms with Gasteiger partial charge in [-0.1, -0.05) is 38.3 Å². The van der Waals surface area contributed by atoms with Crippen molar-refractivity contribution in [1.82, 2.24) is 5.32 Å². The predicted molar refractivity (Wildman–Crippen MR) is 79.2 cm³/mol. The van der Waals surface area contributed by atoms with Crippen LogP contribution in [0.2, 0.25) is 5.02 Å². The molecule has 2 rings (SSSR count). The first-order valence-corrected chi connectivity index (χ1v) is 7.56. The van der Waals surface area contributed by atoms with Crippen molar-refractivity contribution in [3.63, 3.8) is 0 Å². The summed E-state index contributed by atoms with van der Waals surface area (Å²) >= 11 is 6.21. The first-order chi connectivity index (χ1) is 9.01. The number of rotatable bonds is 5. The highest BCUT2D eigenvalue weighted by Crippen LogP contribution is 2.41. The fraction of sp³-hybridized carbons (Fsp3) is 0.625. The summed E-state index contributed by atoms with van der Waals surface area (Å²) in [7, 11) is 0. The molecule has 0 aromatic heterocycles. The number of hydrogen-bond donors (Lipinski definition) is 1. The first-order valence-electron chi connectivity index (χ1n) is 7.18. The van der Waals surface area contributed by atoms with Crippen molar-refractivity contribution in [2.45, 2.75) is 52.0 Å². The summed E-state index contributed by atoms with van der Waals surface area (Å²) in [6, 6.07) is 5.18. The van der Waals surface area contributed by atoms with Crippen LogP contribution in [0.1, 0.15) is 45.1 Å². The molecule has 106 valence electrons. The van der Waals surface area contributed by atoms with Crippen molar-refractivity contribution < 1.29 is 4.39 Å². The molecule has 1 saturated carbocycles. The van der Waals surface area contributed by atoms with E-state index in [1.54, 1.807) is 12.1 Å². The lowest BCUT2D eigenvalue weighted by atomic mass is 9.79. The molecule has 0 aliphatic heterocycles. The van der Waals surface area contributed by atoms with Gasteiger partial charge >= 0.3 is 0 Å². The normalized spacial score (nSPS) is 18.2. The second kappa shape index (κ2) is 6.23. The summed E-state index contributed by atoms with van der Waals surface area (Å²) < 4.78 is 13.4. The number of benzene rings is 1. The third-order valence-electron chi connectivity index (χ3n) is 4.12. The maximum atomic E-state index is 13.4. The van der Waals surface area contributed by atoms with Gasteiger partial charge in [0, 0.05) is 17.6 Å². The lowest BCUT2D eigenvalue weighted by Crippen LogP contribution is -2.37. The Labute approximate surface area is 120 Å². The van der Waals surface area contributed by atoms with E-state index in [4.69, 9.17) is 11.6 Å². The van der Waals surface area contributed by atoms with Gasteiger partial charge in [0.1, 0.15) is 5.82 Å². The lowest BCUT2D eigenvalue weighted by Gasteiger charge is -2.31. The predicted octanol–water partition coefficient (Wildman–Crippen LogP) is 4.58. The third-order valence-corrected chi connectivity index (χ3v) is 4.49. The molecule has 0 bridgehead atoms. The minimum absolute atomic E-state index is 0.190. The van der Waals surface area contributed by atoms with Crippen molar-refractivity contribution in [1.29, 1.82) is 0 Å². The molecule has 1 nitrogen and oxygen atoms in total. The van der Waals surface area contributed by atoms with Gasteiger partial charge < -0.3 is 5.32 Å². The molecule has 19 heavy (non-hydrogen) atoms. The number of halogens is 2. The van der Waals surface area contributed by atoms with Gasteiger partial charge in [-0.25, -0.2) is 4.39 Å². The van der Waals surface area contributed by atoms with Crippen molar-refractivity contribution in [3.05, 3.63) is 34.6 Å². The van der Waals surface area contributed by atoms with Gasteiger partial charge in [-0.15, -0.1) is 0 Å². The van der Waals surface area contributed by atoms with Gasteiger partial charge in [-0.2, -0.15) is 0 Å². The van der Waals surface area contributed by atoms with E-state index in [1.165, 1.54) is 31.7 Å². The van der Waals surface area contributed by atoms with Crippen LogP contribution in [-0.2, 0) is 6.42 Å². The van der Waals surface area contributed by atoms with E-state index in [9.17, 15) is 4.39 Å². The topological polar surface area (TPSA) is 12.0 Å². The Bertz CT molecular complexity index is 425. The van der Waals surface area contributed by atoms with E-state index in [-0.39, 0.29) is 11.2 Å². The zero-order valence-electron chi connectivity index (χ0n) is 11.8. The van der Waals surface area contributed by atoms with E-state index in [0.717, 1.165) is 18.5 Å². The highest BCUT2D eigenvalue weighted by molar-refractivity contribution is 6.31. The Kier molecular flexibility index (Phi) is 4.86. The first kappa shape index (κ1) is 14.8. The standard InChI is InChI=1S/C16H23ClFN/c1-12(2)19-11-16(7-3-4-8-16)10-13-9-14(18)5-6-15(13)17/h5-6,9,12,19H,3-4,7-8,10-11H2,1-2H3. The number of hydrogen-bond acceptors (Lipinski definition) is 1. The van der Waals surface area contributed by atoms with Crippen LogP contribution in [0.5, 0.6) is 0 Å². The summed E-state index contributed by atoms with van der Waals surface area (Å²) in [5, 5.41) is 4.24. The van der Waals surface area contributed by atoms with Crippen molar-refractivity contribution in [3.8, 4) is 0 Å². The molecule has 0 saturated heterocycles. The van der Waals surface area contributed by atoms with Crippen LogP contribution < -0.4 is 5.32 Å². The molecule has 1 N–H and O–H groups in total. The van der Waals surface area contributed by atoms with E-state index in [0.29, 0.717) is 11.1 Å². The Morgan fingerprint density at radius 3 is 2.63 bits per heavy atom. The minimum atomic E-state index is -0.190. The quantitative estimate of drug-likeness (QED) is 0.834. The van der Waals surface area contributed by atoms with Gasteiger partial charge in [0.05, 0.1) is 0 Å². The molecule has 0 spiro atoms. The van der Waals surface area contributed by atoms with Crippen LogP contribution in [0.3, 0.4) is 0 Å². The maximum Gasteiger partial charge on any atom is 0.123 e. The molecule has 1 aliphatic rings. The van der Waals surface area contributed by atoms with Crippen LogP contribution in [0, 0.1) is 11.2 Å². The smallest absolute Gasteiger partial charge is 0.123 e. The summed E-state index contributed by atoms with van der Waals surface area (Å²) in [6.45, 7) is 5.33. The fourth-order valence-corrected chi connectivity index (χ4v) is 3.23. The van der Waals surface area contributed by atoms with Crippen molar-refractivity contribution in [2.75, 3.05) is 6.54 Å². The Morgan fingerprint density at radius 1 is 1.32 bits per heavy atom. The average Bonchev–Trinajstić information content (AvgIpc) is 2.81. The Hall–Kier alpha value is -0.600. The number of nitrogens with one attached hydrogen (secondary N) is 1. The molecule has 1 aliphatic carbocycles. The van der Waals surface area contributed by atoms with Crippen molar-refractivity contribution in [2.24, 2.45) is 5.41 Å². The molecule has 3 heteroatoms. The molecular weight excluding hydrogens is 261 g/mol. The molecule has 1 fully saturated rings. The zero-order valence-corrected chi connectivity index (χ0v) is 12.6. The molecule has 1 aromatic rings. The van der Waals surface area contributed by atoms with Crippen LogP contribution in [0.15, 0.2) is 18.2 Å². The SMILES string of the molecule is CC(C)NCC1(Cc2cc(F)ccc2Cl)CCCC1. The van der Waals surface area contributed by atoms with E-state index in [1.807, 2.05) is 0 Å². The van der Waals surface area contributed by atoms with Gasteiger partial charge in [0.15, 0.2) is 0 Å². The van der Waals surface area contributed by atoms with E-state index in [2.05, 4.69) is 19.2 Å². The third kappa shape index (κ3) is 3.93. The molecule has 0 atom stereocenters. The summed E-state index contributed by atoms with van der Waals surface area (Å²) in [6.07, 6.45) is 5.84. The van der Waals surface area contributed by atoms with Gasteiger partial charge in [0.2, 0.25) is 0 Å². The molecule has 0 heterocycles. The molecule has 0 amide bonds. The van der Waals surface area contributed by atoms with Crippen molar-refractivity contribution >= 4 is 11.6 Å². The van der Waals surface area contributed by atoms with Crippen LogP contribution in [0.4, 0.5) is 4.39 Å². The molecular formula is C16H23ClFN. The van der Waals surface area contributed by atoms with Gasteiger partial charge in [-0.05, 0) is 48.4 Å². The summed E-state index contributed by atoms with van der Waals surface area (Å²) in [5.74, 6) is -0.190. The van der Waals surface area contributed by atoms with Gasteiger partial charge in [0.25, 0.3) is 0 Å². The van der Waals surface area contributed by atoms with Crippen LogP contribution in [0.25, 0.3) is 0 Å². The van der Waals surface area contributed by atoms with E-state index >= 15 is 0 Å². The molecule has 0 radical (unpaired) electrons. The molecule has 1 aromatic carbocycles.